The van der Waals surface area contributed by atoms with Crippen LogP contribution in [0.1, 0.15) is 87.5 Å². The summed E-state index contributed by atoms with van der Waals surface area (Å²) in [6.45, 7) is 24.1. The van der Waals surface area contributed by atoms with Gasteiger partial charge in [-0.05, 0) is 78.8 Å². The van der Waals surface area contributed by atoms with Crippen molar-refractivity contribution >= 4 is 8.32 Å². The minimum absolute atomic E-state index is 0.307. The SMILES string of the molecule is CC(C)[C@@H](C)/C=C/[C@@H](C)[C@H]1CC[C@H]2[C@@H](O[Si](C)(C)C(C)(C)C)CCC[C@]12C. The van der Waals surface area contributed by atoms with Crippen molar-refractivity contribution in [2.75, 3.05) is 0 Å². The highest BCUT2D eigenvalue weighted by Gasteiger charge is 2.54. The average Bonchev–Trinajstić information content (AvgIpc) is 2.89. The number of hydrogen-bond acceptors (Lipinski definition) is 1. The van der Waals surface area contributed by atoms with Crippen LogP contribution in [0.5, 0.6) is 0 Å². The number of rotatable bonds is 6. The fraction of sp³-hybridized carbons (Fsp3) is 0.920. The van der Waals surface area contributed by atoms with E-state index in [1.54, 1.807) is 0 Å². The van der Waals surface area contributed by atoms with Crippen LogP contribution in [0.4, 0.5) is 0 Å². The van der Waals surface area contributed by atoms with E-state index in [1.165, 1.54) is 32.1 Å². The molecule has 0 aromatic rings. The molecule has 0 saturated heterocycles. The van der Waals surface area contributed by atoms with E-state index < -0.39 is 8.32 Å². The van der Waals surface area contributed by atoms with Gasteiger partial charge in [-0.2, -0.15) is 0 Å². The summed E-state index contributed by atoms with van der Waals surface area (Å²) in [7, 11) is -1.69. The Morgan fingerprint density at radius 3 is 2.19 bits per heavy atom. The van der Waals surface area contributed by atoms with E-state index in [0.717, 1.165) is 17.8 Å². The first-order valence-electron chi connectivity index (χ1n) is 11.7. The molecule has 0 heterocycles. The fourth-order valence-electron chi connectivity index (χ4n) is 5.43. The van der Waals surface area contributed by atoms with Gasteiger partial charge in [-0.25, -0.2) is 0 Å². The van der Waals surface area contributed by atoms with Crippen LogP contribution in [-0.2, 0) is 4.43 Å². The summed E-state index contributed by atoms with van der Waals surface area (Å²) in [5, 5.41) is 0.307. The van der Waals surface area contributed by atoms with Crippen LogP contribution >= 0.6 is 0 Å². The van der Waals surface area contributed by atoms with Gasteiger partial charge >= 0.3 is 0 Å². The van der Waals surface area contributed by atoms with Gasteiger partial charge < -0.3 is 4.43 Å². The van der Waals surface area contributed by atoms with Gasteiger partial charge in [0, 0.05) is 6.10 Å². The van der Waals surface area contributed by atoms with Gasteiger partial charge in [-0.15, -0.1) is 0 Å². The lowest BCUT2D eigenvalue weighted by molar-refractivity contribution is -0.0163. The Hall–Kier alpha value is -0.0831. The molecule has 0 unspecified atom stereocenters. The fourth-order valence-corrected chi connectivity index (χ4v) is 6.82. The Balaban J connectivity index is 2.13. The number of fused-ring (bicyclic) bond motifs is 1. The van der Waals surface area contributed by atoms with Gasteiger partial charge in [0.1, 0.15) is 0 Å². The molecule has 0 bridgehead atoms. The van der Waals surface area contributed by atoms with Gasteiger partial charge in [-0.1, -0.05) is 74.0 Å². The predicted octanol–water partition coefficient (Wildman–Crippen LogP) is 8.08. The monoisotopic (exact) mass is 392 g/mol. The Labute approximate surface area is 171 Å². The standard InChI is InChI=1S/C25H48OSi/c1-18(2)19(3)13-14-20(4)21-15-16-22-23(12-11-17-25(21,22)8)26-27(9,10)24(5,6)7/h13-14,18-23H,11-12,15-17H2,1-10H3/b14-13+/t19-,20+,21+,22-,23-,25+/m0/s1. The molecule has 2 saturated carbocycles. The maximum Gasteiger partial charge on any atom is 0.192 e. The van der Waals surface area contributed by atoms with E-state index >= 15 is 0 Å². The lowest BCUT2D eigenvalue weighted by Gasteiger charge is -2.49. The second-order valence-electron chi connectivity index (χ2n) is 12.0. The van der Waals surface area contributed by atoms with Crippen LogP contribution in [0.25, 0.3) is 0 Å². The van der Waals surface area contributed by atoms with E-state index in [-0.39, 0.29) is 0 Å². The molecule has 6 atom stereocenters. The van der Waals surface area contributed by atoms with Crippen molar-refractivity contribution in [1.82, 2.24) is 0 Å². The summed E-state index contributed by atoms with van der Waals surface area (Å²) in [4.78, 5) is 0. The molecule has 158 valence electrons. The third-order valence-corrected chi connectivity index (χ3v) is 13.3. The second kappa shape index (κ2) is 8.34. The van der Waals surface area contributed by atoms with E-state index in [0.29, 0.717) is 28.4 Å². The first kappa shape index (κ1) is 23.2. The molecule has 0 aliphatic heterocycles. The molecule has 2 aliphatic rings. The maximum atomic E-state index is 7.00. The van der Waals surface area contributed by atoms with Crippen molar-refractivity contribution in [2.45, 2.75) is 112 Å². The highest BCUT2D eigenvalue weighted by Crippen LogP contribution is 2.59. The predicted molar refractivity (Wildman–Crippen MR) is 123 cm³/mol. The first-order valence-corrected chi connectivity index (χ1v) is 14.6. The molecular formula is C25H48OSi. The molecule has 0 spiro atoms. The molecule has 2 fully saturated rings. The van der Waals surface area contributed by atoms with E-state index in [2.05, 4.69) is 80.6 Å². The lowest BCUT2D eigenvalue weighted by Crippen LogP contribution is -2.50. The summed E-state index contributed by atoms with van der Waals surface area (Å²) in [6, 6.07) is 0. The highest BCUT2D eigenvalue weighted by atomic mass is 28.4. The molecule has 0 aromatic heterocycles. The van der Waals surface area contributed by atoms with Crippen molar-refractivity contribution in [1.29, 1.82) is 0 Å². The van der Waals surface area contributed by atoms with Gasteiger partial charge in [0.05, 0.1) is 0 Å². The van der Waals surface area contributed by atoms with E-state index in [4.69, 9.17) is 4.43 Å². The molecule has 2 heteroatoms. The summed E-state index contributed by atoms with van der Waals surface area (Å²) >= 11 is 0. The van der Waals surface area contributed by atoms with Crippen LogP contribution in [0.3, 0.4) is 0 Å². The number of allylic oxidation sites excluding steroid dienone is 2. The summed E-state index contributed by atoms with van der Waals surface area (Å²) in [6.07, 6.45) is 12.3. The zero-order chi connectivity index (χ0) is 20.6. The molecule has 0 N–H and O–H groups in total. The molecule has 0 aromatic carbocycles. The highest BCUT2D eigenvalue weighted by molar-refractivity contribution is 6.74. The minimum Gasteiger partial charge on any atom is -0.414 e. The van der Waals surface area contributed by atoms with Crippen LogP contribution in [-0.4, -0.2) is 14.4 Å². The van der Waals surface area contributed by atoms with Gasteiger partial charge in [0.2, 0.25) is 0 Å². The molecule has 1 nitrogen and oxygen atoms in total. The molecular weight excluding hydrogens is 344 g/mol. The topological polar surface area (TPSA) is 9.23 Å². The van der Waals surface area contributed by atoms with E-state index in [9.17, 15) is 0 Å². The minimum atomic E-state index is -1.69. The van der Waals surface area contributed by atoms with Crippen LogP contribution < -0.4 is 0 Å². The van der Waals surface area contributed by atoms with Crippen molar-refractivity contribution in [3.63, 3.8) is 0 Å². The molecule has 0 radical (unpaired) electrons. The van der Waals surface area contributed by atoms with Gasteiger partial charge in [0.25, 0.3) is 0 Å². The van der Waals surface area contributed by atoms with Crippen LogP contribution in [0.15, 0.2) is 12.2 Å². The summed E-state index contributed by atoms with van der Waals surface area (Å²) < 4.78 is 7.00. The van der Waals surface area contributed by atoms with Crippen molar-refractivity contribution < 1.29 is 4.43 Å². The maximum absolute atomic E-state index is 7.00. The zero-order valence-electron chi connectivity index (χ0n) is 20.1. The molecule has 0 amide bonds. The quantitative estimate of drug-likeness (QED) is 0.328. The normalized spacial score (nSPS) is 34.9. The largest absolute Gasteiger partial charge is 0.414 e. The molecule has 27 heavy (non-hydrogen) atoms. The Bertz CT molecular complexity index is 515. The first-order chi connectivity index (χ1) is 12.3. The van der Waals surface area contributed by atoms with Crippen molar-refractivity contribution in [2.24, 2.45) is 35.0 Å². The van der Waals surface area contributed by atoms with Crippen molar-refractivity contribution in [3.8, 4) is 0 Å². The molecule has 2 aliphatic carbocycles. The van der Waals surface area contributed by atoms with Crippen LogP contribution in [0.2, 0.25) is 18.1 Å². The van der Waals surface area contributed by atoms with Gasteiger partial charge in [-0.3, -0.25) is 0 Å². The average molecular weight is 393 g/mol. The summed E-state index contributed by atoms with van der Waals surface area (Å²) in [5.74, 6) is 3.69. The third-order valence-electron chi connectivity index (χ3n) is 8.79. The zero-order valence-corrected chi connectivity index (χ0v) is 21.1. The van der Waals surface area contributed by atoms with Crippen molar-refractivity contribution in [3.05, 3.63) is 12.2 Å². The Morgan fingerprint density at radius 1 is 1.00 bits per heavy atom. The number of hydrogen-bond donors (Lipinski definition) is 0. The Morgan fingerprint density at radius 2 is 1.63 bits per heavy atom. The third kappa shape index (κ3) is 4.92. The Kier molecular flexibility index (Phi) is 7.17. The smallest absolute Gasteiger partial charge is 0.192 e. The summed E-state index contributed by atoms with van der Waals surface area (Å²) in [5.41, 5.74) is 0.468. The van der Waals surface area contributed by atoms with E-state index in [1.807, 2.05) is 0 Å². The molecule has 2 rings (SSSR count). The lowest BCUT2D eigenvalue weighted by atomic mass is 9.62. The van der Waals surface area contributed by atoms with Gasteiger partial charge in [0.15, 0.2) is 8.32 Å². The second-order valence-corrected chi connectivity index (χ2v) is 16.7. The van der Waals surface area contributed by atoms with Crippen LogP contribution in [0, 0.1) is 35.0 Å².